The minimum absolute atomic E-state index is 0.163. The van der Waals surface area contributed by atoms with E-state index in [0.717, 1.165) is 5.75 Å². The molecule has 0 fully saturated rings. The average Bonchev–Trinajstić information content (AvgIpc) is 3.20. The molecule has 1 aromatic heterocycles. The first-order valence-electron chi connectivity index (χ1n) is 8.89. The molecule has 1 heterocycles. The van der Waals surface area contributed by atoms with Crippen molar-refractivity contribution in [2.24, 2.45) is 0 Å². The van der Waals surface area contributed by atoms with Gasteiger partial charge in [0.25, 0.3) is 0 Å². The van der Waals surface area contributed by atoms with Crippen LogP contribution in [0.3, 0.4) is 0 Å². The molecule has 0 bridgehead atoms. The first kappa shape index (κ1) is 29.3. The molecule has 0 saturated heterocycles. The molecule has 2 aromatic carbocycles. The summed E-state index contributed by atoms with van der Waals surface area (Å²) in [6, 6.07) is 13.7. The van der Waals surface area contributed by atoms with Gasteiger partial charge in [-0.25, -0.2) is 0 Å². The highest BCUT2D eigenvalue weighted by Gasteiger charge is 2.05. The Labute approximate surface area is 201 Å². The smallest absolute Gasteiger partial charge is 0.373 e. The number of carbonyl (C=O) groups excluding carboxylic acids is 3. The number of rotatable bonds is 4. The van der Waals surface area contributed by atoms with Gasteiger partial charge in [-0.15, -0.1) is 11.3 Å². The Bertz CT molecular complexity index is 971. The van der Waals surface area contributed by atoms with Crippen molar-refractivity contribution in [3.8, 4) is 17.2 Å². The molecule has 0 unspecified atom stereocenters. The Morgan fingerprint density at radius 2 is 1.44 bits per heavy atom. The topological polar surface area (TPSA) is 88.1 Å². The van der Waals surface area contributed by atoms with Crippen LogP contribution in [-0.2, 0) is 19.1 Å². The van der Waals surface area contributed by atoms with Crippen LogP contribution in [-0.4, -0.2) is 46.3 Å². The van der Waals surface area contributed by atoms with E-state index in [4.69, 9.17) is 35.4 Å². The molecule has 0 amide bonds. The highest BCUT2D eigenvalue weighted by atomic mass is 35.5. The molecule has 0 saturated carbocycles. The summed E-state index contributed by atoms with van der Waals surface area (Å²) in [5, 5.41) is 1.79. The maximum atomic E-state index is 9.88. The summed E-state index contributed by atoms with van der Waals surface area (Å²) in [7, 11) is 6.18. The Kier molecular flexibility index (Phi) is 15.5. The molecule has 3 aromatic rings. The highest BCUT2D eigenvalue weighted by molar-refractivity contribution is 7.81. The normalized spacial score (nSPS) is 8.84. The van der Waals surface area contributed by atoms with E-state index in [9.17, 15) is 4.79 Å². The van der Waals surface area contributed by atoms with Crippen molar-refractivity contribution in [3.05, 3.63) is 52.4 Å². The van der Waals surface area contributed by atoms with Gasteiger partial charge in [-0.2, -0.15) is 22.2 Å². The molecule has 0 N–H and O–H groups in total. The predicted molar refractivity (Wildman–Crippen MR) is 129 cm³/mol. The molecule has 0 radical (unpaired) electrons. The summed E-state index contributed by atoms with van der Waals surface area (Å²) in [6.45, 7) is 2.12. The summed E-state index contributed by atoms with van der Waals surface area (Å²) in [4.78, 5) is 27.5. The van der Waals surface area contributed by atoms with Crippen molar-refractivity contribution >= 4 is 57.8 Å². The molecule has 0 spiro atoms. The van der Waals surface area contributed by atoms with Gasteiger partial charge in [-0.1, -0.05) is 29.8 Å². The maximum Gasteiger partial charge on any atom is 0.373 e. The van der Waals surface area contributed by atoms with Crippen LogP contribution >= 0.6 is 35.6 Å². The second-order valence-corrected chi connectivity index (χ2v) is 7.48. The lowest BCUT2D eigenvalue weighted by Crippen LogP contribution is -1.99. The third-order valence-corrected chi connectivity index (χ3v) is 5.29. The van der Waals surface area contributed by atoms with E-state index in [1.165, 1.54) is 22.1 Å². The Morgan fingerprint density at radius 1 is 0.969 bits per heavy atom. The molecule has 32 heavy (non-hydrogen) atoms. The lowest BCUT2D eigenvalue weighted by Gasteiger charge is -2.06. The number of halogens is 1. The van der Waals surface area contributed by atoms with Crippen molar-refractivity contribution in [2.45, 2.75) is 6.92 Å². The van der Waals surface area contributed by atoms with Gasteiger partial charge in [0, 0.05) is 4.88 Å². The number of carbonyl (C=O) groups is 1. The van der Waals surface area contributed by atoms with Crippen molar-refractivity contribution < 1.29 is 33.3 Å². The van der Waals surface area contributed by atoms with Gasteiger partial charge in [-0.3, -0.25) is 4.79 Å². The lowest BCUT2D eigenvalue weighted by atomic mass is 10.2. The minimum atomic E-state index is -0.293. The highest BCUT2D eigenvalue weighted by Crippen LogP contribution is 2.33. The molecular formula is C22H25ClO7S2. The molecule has 0 aliphatic rings. The number of hydrogen-bond donors (Lipinski definition) is 1. The number of benzene rings is 2. The first-order valence-corrected chi connectivity index (χ1v) is 10.7. The second kappa shape index (κ2) is 16.9. The minimum Gasteiger partial charge on any atom is -0.495 e. The molecule has 7 nitrogen and oxygen atoms in total. The van der Waals surface area contributed by atoms with E-state index in [0.29, 0.717) is 16.5 Å². The van der Waals surface area contributed by atoms with Crippen molar-refractivity contribution in [1.29, 1.82) is 0 Å². The van der Waals surface area contributed by atoms with Crippen molar-refractivity contribution in [3.63, 3.8) is 0 Å². The Morgan fingerprint density at radius 3 is 1.84 bits per heavy atom. The molecule has 3 rings (SSSR count). The van der Waals surface area contributed by atoms with Crippen LogP contribution in [0.25, 0.3) is 10.1 Å². The number of aryl methyl sites for hydroxylation is 1. The van der Waals surface area contributed by atoms with Crippen molar-refractivity contribution in [1.82, 2.24) is 0 Å². The summed E-state index contributed by atoms with van der Waals surface area (Å²) in [5.74, 6) is 2.11. The number of ether oxygens (including phenoxy) is 4. The fraction of sp³-hybridized carbons (Fsp3) is 0.273. The van der Waals surface area contributed by atoms with Gasteiger partial charge in [0.1, 0.15) is 22.3 Å². The molecule has 0 aliphatic carbocycles. The summed E-state index contributed by atoms with van der Waals surface area (Å²) >= 11 is 11.3. The number of thiol groups is 1. The van der Waals surface area contributed by atoms with Gasteiger partial charge in [-0.05, 0) is 36.6 Å². The third-order valence-electron chi connectivity index (χ3n) is 3.58. The van der Waals surface area contributed by atoms with Crippen LogP contribution in [0.15, 0.2) is 42.5 Å². The largest absolute Gasteiger partial charge is 0.495 e. The number of fused-ring (bicyclic) bond motifs is 1. The first-order chi connectivity index (χ1) is 15.3. The number of esters is 1. The van der Waals surface area contributed by atoms with E-state index in [1.807, 2.05) is 18.2 Å². The zero-order valence-electron chi connectivity index (χ0n) is 18.3. The SMILES string of the molecule is COC(=O)CS.COc1cccc(OC)c1Cl.COc1cccc2cc(C)sc12.O=C=O. The number of thiophene rings is 1. The van der Waals surface area contributed by atoms with Crippen LogP contribution in [0.1, 0.15) is 4.88 Å². The van der Waals surface area contributed by atoms with Gasteiger partial charge >= 0.3 is 12.1 Å². The van der Waals surface area contributed by atoms with E-state index in [2.05, 4.69) is 36.4 Å². The maximum absolute atomic E-state index is 9.88. The van der Waals surface area contributed by atoms with Gasteiger partial charge in [0.15, 0.2) is 0 Å². The number of methoxy groups -OCH3 is 4. The van der Waals surface area contributed by atoms with Crippen molar-refractivity contribution in [2.75, 3.05) is 34.2 Å². The van der Waals surface area contributed by atoms with Gasteiger partial charge in [0.2, 0.25) is 0 Å². The van der Waals surface area contributed by atoms with Crippen LogP contribution in [0.4, 0.5) is 0 Å². The van der Waals surface area contributed by atoms with E-state index >= 15 is 0 Å². The quantitative estimate of drug-likeness (QED) is 0.394. The van der Waals surface area contributed by atoms with Crippen LogP contribution in [0.5, 0.6) is 17.2 Å². The molecule has 0 atom stereocenters. The summed E-state index contributed by atoms with van der Waals surface area (Å²) in [5.41, 5.74) is 0. The average molecular weight is 501 g/mol. The van der Waals surface area contributed by atoms with E-state index in [-0.39, 0.29) is 17.9 Å². The number of hydrogen-bond acceptors (Lipinski definition) is 9. The fourth-order valence-corrected chi connectivity index (χ4v) is 3.61. The summed E-state index contributed by atoms with van der Waals surface area (Å²) in [6.07, 6.45) is 0.250. The standard InChI is InChI=1S/C10H10OS.C8H9ClO2.C3H6O2S.CO2/c1-7-6-8-4-3-5-9(11-2)10(8)12-7;1-10-6-4-3-5-7(11-2)8(6)9;1-5-3(4)2-6;2-1-3/h3-6H,1-2H3;3-5H,1-2H3;6H,2H2,1H3;. The monoisotopic (exact) mass is 500 g/mol. The van der Waals surface area contributed by atoms with Crippen LogP contribution < -0.4 is 14.2 Å². The van der Waals surface area contributed by atoms with Crippen LogP contribution in [0.2, 0.25) is 5.02 Å². The van der Waals surface area contributed by atoms with Crippen LogP contribution in [0, 0.1) is 6.92 Å². The van der Waals surface area contributed by atoms with E-state index in [1.54, 1.807) is 44.8 Å². The van der Waals surface area contributed by atoms with Gasteiger partial charge < -0.3 is 18.9 Å². The second-order valence-electron chi connectivity index (χ2n) is 5.53. The zero-order chi connectivity index (χ0) is 24.5. The van der Waals surface area contributed by atoms with Gasteiger partial charge in [0.05, 0.1) is 38.9 Å². The predicted octanol–water partition coefficient (Wildman–Crippen LogP) is 5.08. The molecule has 0 aliphatic heterocycles. The molecule has 174 valence electrons. The molecular weight excluding hydrogens is 476 g/mol. The lowest BCUT2D eigenvalue weighted by molar-refractivity contribution is -0.191. The third kappa shape index (κ3) is 10.1. The van der Waals surface area contributed by atoms with E-state index < -0.39 is 0 Å². The zero-order valence-corrected chi connectivity index (χ0v) is 20.8. The summed E-state index contributed by atoms with van der Waals surface area (Å²) < 4.78 is 20.6. The Balaban J connectivity index is 0.000000445. The molecule has 10 heteroatoms. The Hall–Kier alpha value is -2.71. The fourth-order valence-electron chi connectivity index (χ4n) is 2.20.